The van der Waals surface area contributed by atoms with Gasteiger partial charge in [-0.25, -0.2) is 4.39 Å². The van der Waals surface area contributed by atoms with Crippen molar-refractivity contribution in [2.75, 3.05) is 46.4 Å². The van der Waals surface area contributed by atoms with Gasteiger partial charge in [-0.15, -0.1) is 0 Å². The van der Waals surface area contributed by atoms with E-state index in [0.717, 1.165) is 30.9 Å². The fourth-order valence-electron chi connectivity index (χ4n) is 3.31. The van der Waals surface area contributed by atoms with E-state index in [0.29, 0.717) is 25.4 Å². The van der Waals surface area contributed by atoms with E-state index < -0.39 is 0 Å². The summed E-state index contributed by atoms with van der Waals surface area (Å²) in [5.74, 6) is 1.05. The highest BCUT2D eigenvalue weighted by Crippen LogP contribution is 2.29. The SMILES string of the molecule is COc1ccccc1C1CNCCN1CC(=O)NCCOc1ccc(F)cc1. The molecule has 2 aromatic carbocycles. The normalized spacial score (nSPS) is 17.1. The topological polar surface area (TPSA) is 62.8 Å². The molecule has 1 atom stereocenters. The summed E-state index contributed by atoms with van der Waals surface area (Å²) in [5.41, 5.74) is 1.07. The average molecular weight is 387 g/mol. The van der Waals surface area contributed by atoms with Crippen molar-refractivity contribution in [2.45, 2.75) is 6.04 Å². The summed E-state index contributed by atoms with van der Waals surface area (Å²) in [5, 5.41) is 6.27. The van der Waals surface area contributed by atoms with Crippen molar-refractivity contribution in [3.05, 3.63) is 59.9 Å². The van der Waals surface area contributed by atoms with Gasteiger partial charge in [0.2, 0.25) is 5.91 Å². The third-order valence-corrected chi connectivity index (χ3v) is 4.71. The summed E-state index contributed by atoms with van der Waals surface area (Å²) < 4.78 is 23.9. The van der Waals surface area contributed by atoms with E-state index in [1.165, 1.54) is 12.1 Å². The van der Waals surface area contributed by atoms with E-state index in [1.54, 1.807) is 19.2 Å². The van der Waals surface area contributed by atoms with Crippen LogP contribution in [0.1, 0.15) is 11.6 Å². The van der Waals surface area contributed by atoms with Crippen LogP contribution in [0.3, 0.4) is 0 Å². The van der Waals surface area contributed by atoms with Crippen LogP contribution in [0.5, 0.6) is 11.5 Å². The highest BCUT2D eigenvalue weighted by Gasteiger charge is 2.27. The molecular formula is C21H26FN3O3. The largest absolute Gasteiger partial charge is 0.496 e. The van der Waals surface area contributed by atoms with Crippen molar-refractivity contribution in [2.24, 2.45) is 0 Å². The molecule has 3 rings (SSSR count). The first-order valence-corrected chi connectivity index (χ1v) is 9.40. The Morgan fingerprint density at radius 1 is 1.25 bits per heavy atom. The summed E-state index contributed by atoms with van der Waals surface area (Å²) in [6.07, 6.45) is 0. The van der Waals surface area contributed by atoms with Crippen LogP contribution in [-0.2, 0) is 4.79 Å². The van der Waals surface area contributed by atoms with Gasteiger partial charge in [-0.1, -0.05) is 18.2 Å². The molecule has 6 nitrogen and oxygen atoms in total. The number of methoxy groups -OCH3 is 1. The maximum Gasteiger partial charge on any atom is 0.234 e. The van der Waals surface area contributed by atoms with Gasteiger partial charge in [0.25, 0.3) is 0 Å². The molecule has 1 fully saturated rings. The molecule has 1 heterocycles. The zero-order valence-electron chi connectivity index (χ0n) is 16.0. The van der Waals surface area contributed by atoms with Gasteiger partial charge >= 0.3 is 0 Å². The lowest BCUT2D eigenvalue weighted by molar-refractivity contribution is -0.123. The molecule has 2 N–H and O–H groups in total. The Bertz CT molecular complexity index is 770. The lowest BCUT2D eigenvalue weighted by Crippen LogP contribution is -2.49. The van der Waals surface area contributed by atoms with Crippen LogP contribution in [-0.4, -0.2) is 57.2 Å². The molecule has 1 amide bonds. The number of ether oxygens (including phenoxy) is 2. The van der Waals surface area contributed by atoms with Crippen LogP contribution in [0, 0.1) is 5.82 Å². The number of nitrogens with one attached hydrogen (secondary N) is 2. The first-order chi connectivity index (χ1) is 13.7. The first kappa shape index (κ1) is 20.1. The number of rotatable bonds is 8. The minimum atomic E-state index is -0.304. The van der Waals surface area contributed by atoms with Crippen molar-refractivity contribution < 1.29 is 18.7 Å². The van der Waals surface area contributed by atoms with Gasteiger partial charge in [0.1, 0.15) is 23.9 Å². The number of benzene rings is 2. The molecule has 1 unspecified atom stereocenters. The Morgan fingerprint density at radius 3 is 2.82 bits per heavy atom. The third kappa shape index (κ3) is 5.43. The number of carbonyl (C=O) groups excluding carboxylic acids is 1. The highest BCUT2D eigenvalue weighted by molar-refractivity contribution is 5.78. The number of halogens is 1. The maximum absolute atomic E-state index is 12.9. The Morgan fingerprint density at radius 2 is 2.04 bits per heavy atom. The number of amides is 1. The summed E-state index contributed by atoms with van der Waals surface area (Å²) in [6.45, 7) is 3.41. The molecule has 0 radical (unpaired) electrons. The van der Waals surface area contributed by atoms with Crippen LogP contribution in [0.15, 0.2) is 48.5 Å². The molecule has 0 aliphatic carbocycles. The second-order valence-corrected chi connectivity index (χ2v) is 6.58. The fraction of sp³-hybridized carbons (Fsp3) is 0.381. The summed E-state index contributed by atoms with van der Waals surface area (Å²) in [7, 11) is 1.66. The second-order valence-electron chi connectivity index (χ2n) is 6.58. The van der Waals surface area contributed by atoms with Gasteiger partial charge in [0, 0.05) is 25.2 Å². The minimum absolute atomic E-state index is 0.0514. The monoisotopic (exact) mass is 387 g/mol. The Labute approximate surface area is 164 Å². The zero-order valence-corrected chi connectivity index (χ0v) is 16.0. The Balaban J connectivity index is 1.49. The van der Waals surface area contributed by atoms with E-state index in [2.05, 4.69) is 15.5 Å². The highest BCUT2D eigenvalue weighted by atomic mass is 19.1. The quantitative estimate of drug-likeness (QED) is 0.679. The lowest BCUT2D eigenvalue weighted by atomic mass is 10.0. The van der Waals surface area contributed by atoms with Gasteiger partial charge in [-0.3, -0.25) is 9.69 Å². The summed E-state index contributed by atoms with van der Waals surface area (Å²) in [6, 6.07) is 13.8. The predicted molar refractivity (Wildman–Crippen MR) is 105 cm³/mol. The average Bonchev–Trinajstić information content (AvgIpc) is 2.73. The molecule has 1 saturated heterocycles. The van der Waals surface area contributed by atoms with Gasteiger partial charge in [-0.2, -0.15) is 0 Å². The number of carbonyl (C=O) groups is 1. The van der Waals surface area contributed by atoms with E-state index in [4.69, 9.17) is 9.47 Å². The van der Waals surface area contributed by atoms with Crippen LogP contribution in [0.4, 0.5) is 4.39 Å². The molecule has 28 heavy (non-hydrogen) atoms. The lowest BCUT2D eigenvalue weighted by Gasteiger charge is -2.36. The minimum Gasteiger partial charge on any atom is -0.496 e. The second kappa shape index (κ2) is 10.1. The molecule has 0 aromatic heterocycles. The van der Waals surface area contributed by atoms with Gasteiger partial charge in [0.15, 0.2) is 0 Å². The van der Waals surface area contributed by atoms with Gasteiger partial charge < -0.3 is 20.1 Å². The molecule has 0 spiro atoms. The predicted octanol–water partition coefficient (Wildman–Crippen LogP) is 1.98. The fourth-order valence-corrected chi connectivity index (χ4v) is 3.31. The number of hydrogen-bond donors (Lipinski definition) is 2. The summed E-state index contributed by atoms with van der Waals surface area (Å²) in [4.78, 5) is 14.5. The molecule has 1 aliphatic rings. The van der Waals surface area contributed by atoms with E-state index >= 15 is 0 Å². The van der Waals surface area contributed by atoms with Crippen molar-refractivity contribution >= 4 is 5.91 Å². The van der Waals surface area contributed by atoms with Crippen molar-refractivity contribution in [1.82, 2.24) is 15.5 Å². The number of nitrogens with zero attached hydrogens (tertiary/aromatic N) is 1. The van der Waals surface area contributed by atoms with Gasteiger partial charge in [-0.05, 0) is 30.3 Å². The van der Waals surface area contributed by atoms with Crippen molar-refractivity contribution in [1.29, 1.82) is 0 Å². The standard InChI is InChI=1S/C21H26FN3O3/c1-27-20-5-3-2-4-18(20)19-14-23-10-12-25(19)15-21(26)24-11-13-28-17-8-6-16(22)7-9-17/h2-9,19,23H,10-15H2,1H3,(H,24,26). The molecule has 0 saturated carbocycles. The van der Waals surface area contributed by atoms with Crippen LogP contribution in [0.25, 0.3) is 0 Å². The van der Waals surface area contributed by atoms with Crippen LogP contribution >= 0.6 is 0 Å². The van der Waals surface area contributed by atoms with Crippen molar-refractivity contribution in [3.63, 3.8) is 0 Å². The Hall–Kier alpha value is -2.64. The Kier molecular flexibility index (Phi) is 7.22. The number of piperazine rings is 1. The van der Waals surface area contributed by atoms with E-state index in [-0.39, 0.29) is 17.8 Å². The summed E-state index contributed by atoms with van der Waals surface area (Å²) >= 11 is 0. The van der Waals surface area contributed by atoms with E-state index in [9.17, 15) is 9.18 Å². The smallest absolute Gasteiger partial charge is 0.234 e. The first-order valence-electron chi connectivity index (χ1n) is 9.40. The molecule has 1 aliphatic heterocycles. The molecule has 2 aromatic rings. The number of hydrogen-bond acceptors (Lipinski definition) is 5. The third-order valence-electron chi connectivity index (χ3n) is 4.71. The molecule has 0 bridgehead atoms. The molecule has 7 heteroatoms. The number of para-hydroxylation sites is 1. The molecular weight excluding hydrogens is 361 g/mol. The zero-order chi connectivity index (χ0) is 19.8. The van der Waals surface area contributed by atoms with E-state index in [1.807, 2.05) is 24.3 Å². The van der Waals surface area contributed by atoms with Crippen LogP contribution in [0.2, 0.25) is 0 Å². The molecule has 150 valence electrons. The van der Waals surface area contributed by atoms with Gasteiger partial charge in [0.05, 0.1) is 26.2 Å². The van der Waals surface area contributed by atoms with Crippen LogP contribution < -0.4 is 20.1 Å². The maximum atomic E-state index is 12.9. The van der Waals surface area contributed by atoms with Crippen molar-refractivity contribution in [3.8, 4) is 11.5 Å².